The number of carboxylic acids is 2. The first-order valence-corrected chi connectivity index (χ1v) is 7.34. The van der Waals surface area contributed by atoms with Gasteiger partial charge in [-0.15, -0.1) is 0 Å². The molecule has 0 saturated heterocycles. The third kappa shape index (κ3) is 3.81. The van der Waals surface area contributed by atoms with Crippen LogP contribution in [0.25, 0.3) is 11.3 Å². The fourth-order valence-electron chi connectivity index (χ4n) is 2.25. The second kappa shape index (κ2) is 6.84. The number of para-hydroxylation sites is 1. The minimum atomic E-state index is -1.21. The largest absolute Gasteiger partial charge is 0.478 e. The van der Waals surface area contributed by atoms with Crippen molar-refractivity contribution in [2.75, 3.05) is 0 Å². The lowest BCUT2D eigenvalue weighted by Gasteiger charge is -2.03. The summed E-state index contributed by atoms with van der Waals surface area (Å²) in [4.78, 5) is 26.6. The Morgan fingerprint density at radius 2 is 1.52 bits per heavy atom. The first kappa shape index (κ1) is 16.2. The maximum atomic E-state index is 11.2. The van der Waals surface area contributed by atoms with E-state index in [0.717, 1.165) is 11.8 Å². The molecule has 0 aliphatic rings. The van der Waals surface area contributed by atoms with Gasteiger partial charge in [-0.25, -0.2) is 9.59 Å². The second-order valence-corrected chi connectivity index (χ2v) is 5.21. The Balaban J connectivity index is 1.93. The summed E-state index contributed by atoms with van der Waals surface area (Å²) in [5, 5.41) is 18.3. The lowest BCUT2D eigenvalue weighted by atomic mass is 10.0. The molecule has 2 aromatic carbocycles. The number of rotatable bonds is 5. The van der Waals surface area contributed by atoms with Crippen molar-refractivity contribution >= 4 is 23.8 Å². The molecule has 124 valence electrons. The monoisotopic (exact) mass is 335 g/mol. The highest BCUT2D eigenvalue weighted by molar-refractivity contribution is 5.96. The van der Waals surface area contributed by atoms with Crippen molar-refractivity contribution in [1.29, 1.82) is 0 Å². The standard InChI is InChI=1S/C19H13NO5/c21-18(22)13-8-12(9-14(10-13)19(23)24)17-7-6-16(25-17)11-20-15-4-2-1-3-5-15/h1-11H,(H,21,22)(H,23,24). The molecule has 0 saturated carbocycles. The fraction of sp³-hybridized carbons (Fsp3) is 0. The minimum Gasteiger partial charge on any atom is -0.478 e. The number of carbonyl (C=O) groups is 2. The average molecular weight is 335 g/mol. The molecule has 25 heavy (non-hydrogen) atoms. The van der Waals surface area contributed by atoms with Gasteiger partial charge in [0.2, 0.25) is 0 Å². The van der Waals surface area contributed by atoms with E-state index in [1.165, 1.54) is 18.3 Å². The van der Waals surface area contributed by atoms with Crippen molar-refractivity contribution in [3.8, 4) is 11.3 Å². The molecular weight excluding hydrogens is 322 g/mol. The fourth-order valence-corrected chi connectivity index (χ4v) is 2.25. The Hall–Kier alpha value is -3.67. The Kier molecular flexibility index (Phi) is 4.43. The summed E-state index contributed by atoms with van der Waals surface area (Å²) in [6.45, 7) is 0. The summed E-state index contributed by atoms with van der Waals surface area (Å²) in [7, 11) is 0. The Morgan fingerprint density at radius 3 is 2.12 bits per heavy atom. The molecule has 0 atom stereocenters. The lowest BCUT2D eigenvalue weighted by Crippen LogP contribution is -2.02. The number of furan rings is 1. The van der Waals surface area contributed by atoms with Crippen LogP contribution in [0.4, 0.5) is 5.69 Å². The molecule has 1 heterocycles. The van der Waals surface area contributed by atoms with Gasteiger partial charge in [-0.05, 0) is 42.5 Å². The summed E-state index contributed by atoms with van der Waals surface area (Å²) >= 11 is 0. The van der Waals surface area contributed by atoms with Crippen LogP contribution in [0.3, 0.4) is 0 Å². The van der Waals surface area contributed by atoms with Crippen LogP contribution in [0, 0.1) is 0 Å². The van der Waals surface area contributed by atoms with E-state index in [4.69, 9.17) is 14.6 Å². The molecule has 6 nitrogen and oxygen atoms in total. The zero-order chi connectivity index (χ0) is 17.8. The van der Waals surface area contributed by atoms with E-state index in [1.54, 1.807) is 12.1 Å². The van der Waals surface area contributed by atoms with Gasteiger partial charge in [0.15, 0.2) is 0 Å². The van der Waals surface area contributed by atoms with Crippen LogP contribution in [0.1, 0.15) is 26.5 Å². The quantitative estimate of drug-likeness (QED) is 0.684. The van der Waals surface area contributed by atoms with Gasteiger partial charge in [0.1, 0.15) is 11.5 Å². The Bertz CT molecular complexity index is 925. The molecule has 0 unspecified atom stereocenters. The predicted molar refractivity (Wildman–Crippen MR) is 91.8 cm³/mol. The molecule has 1 aromatic heterocycles. The third-order valence-electron chi connectivity index (χ3n) is 3.44. The summed E-state index contributed by atoms with van der Waals surface area (Å²) in [6.07, 6.45) is 1.54. The number of nitrogens with zero attached hydrogens (tertiary/aromatic N) is 1. The van der Waals surface area contributed by atoms with Gasteiger partial charge in [-0.3, -0.25) is 4.99 Å². The summed E-state index contributed by atoms with van der Waals surface area (Å²) in [5.74, 6) is -1.58. The topological polar surface area (TPSA) is 100 Å². The van der Waals surface area contributed by atoms with Crippen LogP contribution < -0.4 is 0 Å². The molecule has 0 radical (unpaired) electrons. The van der Waals surface area contributed by atoms with Crippen molar-refractivity contribution in [2.45, 2.75) is 0 Å². The molecule has 0 bridgehead atoms. The normalized spacial score (nSPS) is 10.9. The Labute approximate surface area is 142 Å². The van der Waals surface area contributed by atoms with Crippen molar-refractivity contribution in [2.24, 2.45) is 4.99 Å². The summed E-state index contributed by atoms with van der Waals surface area (Å²) in [5.41, 5.74) is 0.898. The second-order valence-electron chi connectivity index (χ2n) is 5.21. The zero-order valence-corrected chi connectivity index (χ0v) is 12.9. The highest BCUT2D eigenvalue weighted by Crippen LogP contribution is 2.25. The van der Waals surface area contributed by atoms with Gasteiger partial charge < -0.3 is 14.6 Å². The van der Waals surface area contributed by atoms with E-state index in [1.807, 2.05) is 30.3 Å². The van der Waals surface area contributed by atoms with Crippen molar-refractivity contribution in [3.05, 3.63) is 77.6 Å². The van der Waals surface area contributed by atoms with Crippen LogP contribution in [-0.4, -0.2) is 28.4 Å². The van der Waals surface area contributed by atoms with Crippen LogP contribution >= 0.6 is 0 Å². The number of aromatic carboxylic acids is 2. The van der Waals surface area contributed by atoms with Crippen LogP contribution in [0.5, 0.6) is 0 Å². The number of hydrogen-bond acceptors (Lipinski definition) is 4. The predicted octanol–water partition coefficient (Wildman–Crippen LogP) is 4.09. The van der Waals surface area contributed by atoms with Gasteiger partial charge in [0, 0.05) is 5.56 Å². The molecule has 3 aromatic rings. The molecule has 0 fully saturated rings. The van der Waals surface area contributed by atoms with E-state index in [0.29, 0.717) is 17.1 Å². The molecule has 0 aliphatic heterocycles. The van der Waals surface area contributed by atoms with Crippen LogP contribution in [-0.2, 0) is 0 Å². The van der Waals surface area contributed by atoms with Gasteiger partial charge in [-0.1, -0.05) is 18.2 Å². The van der Waals surface area contributed by atoms with E-state index in [-0.39, 0.29) is 11.1 Å². The first-order valence-electron chi connectivity index (χ1n) is 7.34. The van der Waals surface area contributed by atoms with Crippen molar-refractivity contribution in [1.82, 2.24) is 0 Å². The minimum absolute atomic E-state index is 0.120. The Morgan fingerprint density at radius 1 is 0.880 bits per heavy atom. The molecule has 0 spiro atoms. The van der Waals surface area contributed by atoms with Crippen LogP contribution in [0.2, 0.25) is 0 Å². The molecule has 3 rings (SSSR count). The number of hydrogen-bond donors (Lipinski definition) is 2. The summed E-state index contributed by atoms with van der Waals surface area (Å²) in [6, 6.07) is 16.5. The van der Waals surface area contributed by atoms with E-state index in [9.17, 15) is 9.59 Å². The van der Waals surface area contributed by atoms with Crippen molar-refractivity contribution < 1.29 is 24.2 Å². The number of benzene rings is 2. The first-order chi connectivity index (χ1) is 12.0. The summed E-state index contributed by atoms with van der Waals surface area (Å²) < 4.78 is 5.63. The van der Waals surface area contributed by atoms with E-state index in [2.05, 4.69) is 4.99 Å². The molecule has 6 heteroatoms. The van der Waals surface area contributed by atoms with Gasteiger partial charge in [-0.2, -0.15) is 0 Å². The highest BCUT2D eigenvalue weighted by atomic mass is 16.4. The molecular formula is C19H13NO5. The maximum Gasteiger partial charge on any atom is 0.335 e. The molecule has 0 amide bonds. The van der Waals surface area contributed by atoms with E-state index >= 15 is 0 Å². The number of aliphatic imine (C=N–C) groups is 1. The maximum absolute atomic E-state index is 11.2. The van der Waals surface area contributed by atoms with Crippen LogP contribution in [0.15, 0.2) is 70.1 Å². The van der Waals surface area contributed by atoms with Gasteiger partial charge in [0.05, 0.1) is 23.0 Å². The SMILES string of the molecule is O=C(O)c1cc(C(=O)O)cc(-c2ccc(C=Nc3ccccc3)o2)c1. The lowest BCUT2D eigenvalue weighted by molar-refractivity contribution is 0.0696. The smallest absolute Gasteiger partial charge is 0.335 e. The third-order valence-corrected chi connectivity index (χ3v) is 3.44. The number of carboxylic acid groups (broad SMARTS) is 2. The van der Waals surface area contributed by atoms with Gasteiger partial charge in [0.25, 0.3) is 0 Å². The highest BCUT2D eigenvalue weighted by Gasteiger charge is 2.14. The average Bonchev–Trinajstić information content (AvgIpc) is 3.09. The van der Waals surface area contributed by atoms with Gasteiger partial charge >= 0.3 is 11.9 Å². The zero-order valence-electron chi connectivity index (χ0n) is 12.9. The molecule has 0 aliphatic carbocycles. The van der Waals surface area contributed by atoms with Crippen molar-refractivity contribution in [3.63, 3.8) is 0 Å². The van der Waals surface area contributed by atoms with E-state index < -0.39 is 11.9 Å². The molecule has 2 N–H and O–H groups in total.